The number of carbonyl (C=O) groups is 1. The van der Waals surface area contributed by atoms with Crippen molar-refractivity contribution in [3.63, 3.8) is 0 Å². The number of hydrogen-bond acceptors (Lipinski definition) is 4. The first-order valence-electron chi connectivity index (χ1n) is 6.37. The van der Waals surface area contributed by atoms with E-state index in [0.29, 0.717) is 0 Å². The smallest absolute Gasteiger partial charge is 0.307 e. The third kappa shape index (κ3) is 2.45. The van der Waals surface area contributed by atoms with Gasteiger partial charge in [-0.1, -0.05) is 18.2 Å². The van der Waals surface area contributed by atoms with E-state index >= 15 is 0 Å². The Bertz CT molecular complexity index is 551. The SMILES string of the molecule is CC(=O)OC(C)(C)[N+]1([O-])C=CC=CN1c1ccccc1. The molecule has 0 fully saturated rings. The summed E-state index contributed by atoms with van der Waals surface area (Å²) in [5, 5.41) is 14.8. The summed E-state index contributed by atoms with van der Waals surface area (Å²) in [5.74, 6) is -0.487. The Balaban J connectivity index is 2.43. The molecule has 1 unspecified atom stereocenters. The lowest BCUT2D eigenvalue weighted by molar-refractivity contribution is -0.910. The van der Waals surface area contributed by atoms with E-state index in [2.05, 4.69) is 0 Å². The van der Waals surface area contributed by atoms with Crippen LogP contribution in [0.3, 0.4) is 0 Å². The number of esters is 1. The van der Waals surface area contributed by atoms with Crippen molar-refractivity contribution in [3.8, 4) is 0 Å². The van der Waals surface area contributed by atoms with Gasteiger partial charge in [0.05, 0.1) is 11.9 Å². The number of anilines is 1. The monoisotopic (exact) mass is 274 g/mol. The predicted molar refractivity (Wildman–Crippen MR) is 76.7 cm³/mol. The van der Waals surface area contributed by atoms with Crippen molar-refractivity contribution in [2.24, 2.45) is 0 Å². The molecular formula is C15H18N2O3. The molecule has 20 heavy (non-hydrogen) atoms. The Kier molecular flexibility index (Phi) is 3.65. The maximum absolute atomic E-state index is 13.3. The van der Waals surface area contributed by atoms with Crippen molar-refractivity contribution in [1.82, 2.24) is 0 Å². The summed E-state index contributed by atoms with van der Waals surface area (Å²) in [6.07, 6.45) is 6.55. The normalized spacial score (nSPS) is 21.9. The summed E-state index contributed by atoms with van der Waals surface area (Å²) >= 11 is 0. The number of benzene rings is 1. The van der Waals surface area contributed by atoms with Crippen LogP contribution < -0.4 is 5.01 Å². The van der Waals surface area contributed by atoms with Crippen molar-refractivity contribution in [1.29, 1.82) is 0 Å². The molecule has 0 saturated carbocycles. The third-order valence-corrected chi connectivity index (χ3v) is 3.13. The first kappa shape index (κ1) is 14.3. The van der Waals surface area contributed by atoms with Crippen molar-refractivity contribution in [2.75, 3.05) is 5.01 Å². The van der Waals surface area contributed by atoms with E-state index in [9.17, 15) is 10.0 Å². The molecule has 1 aliphatic heterocycles. The molecule has 0 saturated heterocycles. The number of allylic oxidation sites excluding steroid dienone is 2. The zero-order valence-electron chi connectivity index (χ0n) is 11.8. The van der Waals surface area contributed by atoms with Crippen molar-refractivity contribution in [2.45, 2.75) is 26.5 Å². The molecule has 0 N–H and O–H groups in total. The molecule has 0 aromatic heterocycles. The van der Waals surface area contributed by atoms with Gasteiger partial charge in [-0.2, -0.15) is 9.76 Å². The second-order valence-corrected chi connectivity index (χ2v) is 5.03. The first-order valence-corrected chi connectivity index (χ1v) is 6.37. The van der Waals surface area contributed by atoms with Gasteiger partial charge in [-0.25, -0.2) is 0 Å². The van der Waals surface area contributed by atoms with Gasteiger partial charge in [0.25, 0.3) is 5.72 Å². The van der Waals surface area contributed by atoms with Crippen molar-refractivity contribution in [3.05, 3.63) is 60.1 Å². The number of para-hydroxylation sites is 1. The fourth-order valence-electron chi connectivity index (χ4n) is 2.16. The number of ether oxygens (including phenoxy) is 1. The number of nitrogens with zero attached hydrogens (tertiary/aromatic N) is 2. The average Bonchev–Trinajstić information content (AvgIpc) is 2.38. The fourth-order valence-corrected chi connectivity index (χ4v) is 2.16. The molecule has 106 valence electrons. The minimum absolute atomic E-state index is 0.487. The second kappa shape index (κ2) is 5.11. The fraction of sp³-hybridized carbons (Fsp3) is 0.267. The van der Waals surface area contributed by atoms with Gasteiger partial charge in [0.15, 0.2) is 0 Å². The van der Waals surface area contributed by atoms with Crippen LogP contribution in [-0.2, 0) is 9.53 Å². The first-order chi connectivity index (χ1) is 9.37. The van der Waals surface area contributed by atoms with E-state index in [1.54, 1.807) is 32.2 Å². The van der Waals surface area contributed by atoms with Crippen LogP contribution in [0.25, 0.3) is 0 Å². The maximum atomic E-state index is 13.3. The molecule has 1 heterocycles. The van der Waals surface area contributed by atoms with E-state index in [1.165, 1.54) is 18.1 Å². The van der Waals surface area contributed by atoms with Gasteiger partial charge in [-0.05, 0) is 24.3 Å². The van der Waals surface area contributed by atoms with Gasteiger partial charge in [0.2, 0.25) is 0 Å². The Labute approximate surface area is 118 Å². The highest BCUT2D eigenvalue weighted by molar-refractivity contribution is 5.66. The minimum Gasteiger partial charge on any atom is -0.598 e. The molecule has 2 rings (SSSR count). The Morgan fingerprint density at radius 1 is 1.25 bits per heavy atom. The van der Waals surface area contributed by atoms with Crippen LogP contribution >= 0.6 is 0 Å². The van der Waals surface area contributed by atoms with Crippen LogP contribution in [0.2, 0.25) is 0 Å². The molecule has 0 bridgehead atoms. The highest BCUT2D eigenvalue weighted by atomic mass is 16.7. The number of rotatable bonds is 3. The lowest BCUT2D eigenvalue weighted by Crippen LogP contribution is -2.64. The molecule has 0 radical (unpaired) electrons. The molecule has 0 amide bonds. The van der Waals surface area contributed by atoms with Crippen LogP contribution in [0.15, 0.2) is 54.9 Å². The standard InChI is InChI=1S/C15H18N2O3/c1-13(18)20-15(2,3)17(19)12-8-7-11-16(17)14-9-5-4-6-10-14/h4-12H,1-3H3. The summed E-state index contributed by atoms with van der Waals surface area (Å²) in [7, 11) is 0. The summed E-state index contributed by atoms with van der Waals surface area (Å²) in [6.45, 7) is 4.49. The molecule has 1 aliphatic rings. The van der Waals surface area contributed by atoms with E-state index in [4.69, 9.17) is 4.74 Å². The zero-order chi connectivity index (χ0) is 14.8. The van der Waals surface area contributed by atoms with Gasteiger partial charge in [0.1, 0.15) is 6.20 Å². The maximum Gasteiger partial charge on any atom is 0.307 e. The van der Waals surface area contributed by atoms with Crippen LogP contribution in [-0.4, -0.2) is 16.4 Å². The van der Waals surface area contributed by atoms with Crippen LogP contribution in [0, 0.1) is 5.21 Å². The molecule has 5 heteroatoms. The molecule has 1 atom stereocenters. The third-order valence-electron chi connectivity index (χ3n) is 3.13. The quantitative estimate of drug-likeness (QED) is 0.483. The predicted octanol–water partition coefficient (Wildman–Crippen LogP) is 3.06. The Morgan fingerprint density at radius 2 is 1.90 bits per heavy atom. The summed E-state index contributed by atoms with van der Waals surface area (Å²) in [5.41, 5.74) is -0.550. The number of hydroxylamine groups is 2. The minimum atomic E-state index is -1.27. The van der Waals surface area contributed by atoms with Crippen molar-refractivity contribution < 1.29 is 14.3 Å². The molecular weight excluding hydrogens is 256 g/mol. The van der Waals surface area contributed by atoms with Gasteiger partial charge in [-0.15, -0.1) is 0 Å². The molecule has 1 aromatic carbocycles. The topological polar surface area (TPSA) is 52.6 Å². The van der Waals surface area contributed by atoms with Gasteiger partial charge >= 0.3 is 5.97 Å². The second-order valence-electron chi connectivity index (χ2n) is 5.03. The van der Waals surface area contributed by atoms with E-state index in [-0.39, 0.29) is 0 Å². The Morgan fingerprint density at radius 3 is 2.50 bits per heavy atom. The summed E-state index contributed by atoms with van der Waals surface area (Å²) < 4.78 is 4.30. The number of hydrogen-bond donors (Lipinski definition) is 0. The largest absolute Gasteiger partial charge is 0.598 e. The molecule has 5 nitrogen and oxygen atoms in total. The van der Waals surface area contributed by atoms with Crippen molar-refractivity contribution >= 4 is 11.7 Å². The van der Waals surface area contributed by atoms with Crippen LogP contribution in [0.5, 0.6) is 0 Å². The summed E-state index contributed by atoms with van der Waals surface area (Å²) in [6, 6.07) is 9.25. The van der Waals surface area contributed by atoms with Gasteiger partial charge < -0.3 is 9.94 Å². The average molecular weight is 274 g/mol. The highest BCUT2D eigenvalue weighted by Gasteiger charge is 2.44. The van der Waals surface area contributed by atoms with E-state index in [0.717, 1.165) is 5.69 Å². The van der Waals surface area contributed by atoms with Crippen LogP contribution in [0.4, 0.5) is 5.69 Å². The van der Waals surface area contributed by atoms with E-state index < -0.39 is 16.4 Å². The summed E-state index contributed by atoms with van der Waals surface area (Å²) in [4.78, 5) is 11.3. The number of carbonyl (C=O) groups excluding carboxylic acids is 1. The van der Waals surface area contributed by atoms with E-state index in [1.807, 2.05) is 30.3 Å². The number of quaternary nitrogens is 1. The van der Waals surface area contributed by atoms with Gasteiger partial charge in [0, 0.05) is 20.8 Å². The lowest BCUT2D eigenvalue weighted by atomic mass is 10.2. The zero-order valence-corrected chi connectivity index (χ0v) is 11.8. The van der Waals surface area contributed by atoms with Gasteiger partial charge in [-0.3, -0.25) is 4.79 Å². The Hall–Kier alpha value is -2.11. The van der Waals surface area contributed by atoms with Crippen LogP contribution in [0.1, 0.15) is 20.8 Å². The molecule has 1 aromatic rings. The molecule has 0 aliphatic carbocycles. The lowest BCUT2D eigenvalue weighted by Gasteiger charge is -2.54. The molecule has 0 spiro atoms. The highest BCUT2D eigenvalue weighted by Crippen LogP contribution is 2.35.